The maximum Gasteiger partial charge on any atom is 0.220 e. The SMILES string of the molecule is CC/C=C\C/C=C\C/C=C\CCCCCCCCCC(=O)NC(CO)C(O)CCCCCCCCCCCCCCCCCCCCCCCCCC. The van der Waals surface area contributed by atoms with Crippen molar-refractivity contribution < 1.29 is 15.0 Å². The molecule has 2 unspecified atom stereocenters. The Morgan fingerprint density at radius 2 is 0.830 bits per heavy atom. The second-order valence-corrected chi connectivity index (χ2v) is 16.2. The van der Waals surface area contributed by atoms with Gasteiger partial charge in [-0.25, -0.2) is 0 Å². The monoisotopic (exact) mass is 744 g/mol. The zero-order valence-corrected chi connectivity index (χ0v) is 35.8. The molecule has 0 aromatic rings. The first-order valence-electron chi connectivity index (χ1n) is 23.7. The number of nitrogens with one attached hydrogen (secondary N) is 1. The number of allylic oxidation sites excluding steroid dienone is 6. The molecule has 312 valence electrons. The van der Waals surface area contributed by atoms with Crippen LogP contribution in [0.2, 0.25) is 0 Å². The van der Waals surface area contributed by atoms with Crippen LogP contribution in [-0.4, -0.2) is 34.9 Å². The summed E-state index contributed by atoms with van der Waals surface area (Å²) < 4.78 is 0. The van der Waals surface area contributed by atoms with Gasteiger partial charge in [0.1, 0.15) is 0 Å². The van der Waals surface area contributed by atoms with Gasteiger partial charge >= 0.3 is 0 Å². The Morgan fingerprint density at radius 1 is 0.472 bits per heavy atom. The van der Waals surface area contributed by atoms with Gasteiger partial charge in [-0.15, -0.1) is 0 Å². The van der Waals surface area contributed by atoms with Gasteiger partial charge in [0, 0.05) is 6.42 Å². The topological polar surface area (TPSA) is 69.6 Å². The highest BCUT2D eigenvalue weighted by atomic mass is 16.3. The molecule has 0 radical (unpaired) electrons. The minimum Gasteiger partial charge on any atom is -0.394 e. The highest BCUT2D eigenvalue weighted by Crippen LogP contribution is 2.17. The maximum absolute atomic E-state index is 12.4. The van der Waals surface area contributed by atoms with Crippen LogP contribution in [0.15, 0.2) is 36.5 Å². The van der Waals surface area contributed by atoms with E-state index < -0.39 is 12.1 Å². The van der Waals surface area contributed by atoms with E-state index in [0.717, 1.165) is 44.9 Å². The van der Waals surface area contributed by atoms with Crippen molar-refractivity contribution in [3.05, 3.63) is 36.5 Å². The fourth-order valence-corrected chi connectivity index (χ4v) is 7.32. The van der Waals surface area contributed by atoms with Crippen molar-refractivity contribution >= 4 is 5.91 Å². The van der Waals surface area contributed by atoms with Gasteiger partial charge in [-0.2, -0.15) is 0 Å². The molecule has 0 aromatic heterocycles. The Labute approximate surface area is 331 Å². The minimum atomic E-state index is -0.664. The first-order chi connectivity index (χ1) is 26.2. The molecular formula is C49H93NO3. The van der Waals surface area contributed by atoms with E-state index in [1.165, 1.54) is 180 Å². The van der Waals surface area contributed by atoms with Crippen molar-refractivity contribution in [1.82, 2.24) is 5.32 Å². The zero-order chi connectivity index (χ0) is 38.6. The molecule has 0 aliphatic rings. The third-order valence-electron chi connectivity index (χ3n) is 10.9. The predicted molar refractivity (Wildman–Crippen MR) is 235 cm³/mol. The molecule has 0 spiro atoms. The molecule has 0 aliphatic heterocycles. The maximum atomic E-state index is 12.4. The number of hydrogen-bond donors (Lipinski definition) is 3. The Morgan fingerprint density at radius 3 is 1.25 bits per heavy atom. The molecule has 0 saturated carbocycles. The summed E-state index contributed by atoms with van der Waals surface area (Å²) in [4.78, 5) is 12.4. The van der Waals surface area contributed by atoms with Crippen LogP contribution in [0.1, 0.15) is 251 Å². The lowest BCUT2D eigenvalue weighted by Crippen LogP contribution is -2.45. The quantitative estimate of drug-likeness (QED) is 0.0430. The van der Waals surface area contributed by atoms with Gasteiger partial charge in [0.15, 0.2) is 0 Å². The summed E-state index contributed by atoms with van der Waals surface area (Å²) in [6, 6.07) is -0.542. The van der Waals surface area contributed by atoms with Crippen LogP contribution in [0.5, 0.6) is 0 Å². The Kier molecular flexibility index (Phi) is 43.8. The highest BCUT2D eigenvalue weighted by Gasteiger charge is 2.20. The number of aliphatic hydroxyl groups excluding tert-OH is 2. The van der Waals surface area contributed by atoms with Crippen LogP contribution in [0.3, 0.4) is 0 Å². The molecule has 0 rings (SSSR count). The minimum absolute atomic E-state index is 0.0401. The van der Waals surface area contributed by atoms with E-state index in [0.29, 0.717) is 12.8 Å². The lowest BCUT2D eigenvalue weighted by molar-refractivity contribution is -0.123. The standard InChI is InChI=1S/C49H93NO3/c1-3-5-7-9-11-13-15-17-19-21-22-23-24-25-26-27-29-30-32-34-36-38-40-42-44-48(52)47(46-51)50-49(53)45-43-41-39-37-35-33-31-28-20-18-16-14-12-10-8-6-4-2/h6,8,12,14,18,20,47-48,51-52H,3-5,7,9-11,13,15-17,19,21-46H2,1-2H3,(H,50,53)/b8-6-,14-12-,20-18-. The average Bonchev–Trinajstić information content (AvgIpc) is 3.16. The summed E-state index contributed by atoms with van der Waals surface area (Å²) in [7, 11) is 0. The molecule has 1 amide bonds. The number of carbonyl (C=O) groups is 1. The largest absolute Gasteiger partial charge is 0.394 e. The Hall–Kier alpha value is -1.39. The lowest BCUT2D eigenvalue weighted by Gasteiger charge is -2.22. The molecule has 53 heavy (non-hydrogen) atoms. The van der Waals surface area contributed by atoms with Crippen LogP contribution in [0.25, 0.3) is 0 Å². The zero-order valence-electron chi connectivity index (χ0n) is 35.8. The first-order valence-corrected chi connectivity index (χ1v) is 23.7. The van der Waals surface area contributed by atoms with Gasteiger partial charge in [0.2, 0.25) is 5.91 Å². The molecule has 0 aliphatic carbocycles. The Balaban J connectivity index is 3.48. The van der Waals surface area contributed by atoms with Crippen LogP contribution < -0.4 is 5.32 Å². The van der Waals surface area contributed by atoms with Crippen molar-refractivity contribution in [1.29, 1.82) is 0 Å². The number of hydrogen-bond acceptors (Lipinski definition) is 3. The number of amides is 1. The summed E-state index contributed by atoms with van der Waals surface area (Å²) in [5.41, 5.74) is 0. The van der Waals surface area contributed by atoms with E-state index in [9.17, 15) is 15.0 Å². The average molecular weight is 744 g/mol. The molecule has 0 aromatic carbocycles. The fraction of sp³-hybridized carbons (Fsp3) is 0.857. The van der Waals surface area contributed by atoms with E-state index in [4.69, 9.17) is 0 Å². The van der Waals surface area contributed by atoms with Crippen molar-refractivity contribution in [3.8, 4) is 0 Å². The van der Waals surface area contributed by atoms with Gasteiger partial charge in [0.25, 0.3) is 0 Å². The van der Waals surface area contributed by atoms with E-state index in [1.807, 2.05) is 0 Å². The molecule has 0 bridgehead atoms. The van der Waals surface area contributed by atoms with Crippen molar-refractivity contribution in [2.45, 2.75) is 264 Å². The fourth-order valence-electron chi connectivity index (χ4n) is 7.32. The molecular weight excluding hydrogens is 651 g/mol. The third kappa shape index (κ3) is 41.6. The van der Waals surface area contributed by atoms with Gasteiger partial charge in [0.05, 0.1) is 18.8 Å². The summed E-state index contributed by atoms with van der Waals surface area (Å²) in [5.74, 6) is -0.0401. The predicted octanol–water partition coefficient (Wildman–Crippen LogP) is 15.0. The second kappa shape index (κ2) is 45.0. The summed E-state index contributed by atoms with van der Waals surface area (Å²) >= 11 is 0. The lowest BCUT2D eigenvalue weighted by atomic mass is 10.0. The molecule has 3 N–H and O–H groups in total. The molecule has 0 saturated heterocycles. The Bertz CT molecular complexity index is 806. The summed E-state index contributed by atoms with van der Waals surface area (Å²) in [5, 5.41) is 23.2. The van der Waals surface area contributed by atoms with E-state index in [-0.39, 0.29) is 12.5 Å². The second-order valence-electron chi connectivity index (χ2n) is 16.2. The number of unbranched alkanes of at least 4 members (excludes halogenated alkanes) is 30. The van der Waals surface area contributed by atoms with E-state index in [1.54, 1.807) is 0 Å². The van der Waals surface area contributed by atoms with Crippen molar-refractivity contribution in [3.63, 3.8) is 0 Å². The molecule has 2 atom stereocenters. The third-order valence-corrected chi connectivity index (χ3v) is 10.9. The van der Waals surface area contributed by atoms with Gasteiger partial charge < -0.3 is 15.5 Å². The van der Waals surface area contributed by atoms with Crippen molar-refractivity contribution in [2.75, 3.05) is 6.61 Å². The van der Waals surface area contributed by atoms with Gasteiger partial charge in [-0.1, -0.05) is 237 Å². The van der Waals surface area contributed by atoms with Crippen LogP contribution >= 0.6 is 0 Å². The van der Waals surface area contributed by atoms with Crippen LogP contribution in [0.4, 0.5) is 0 Å². The number of rotatable bonds is 43. The molecule has 4 heteroatoms. The van der Waals surface area contributed by atoms with Gasteiger partial charge in [-0.05, 0) is 44.9 Å². The normalized spacial score (nSPS) is 13.2. The summed E-state index contributed by atoms with van der Waals surface area (Å²) in [6.45, 7) is 4.26. The number of aliphatic hydroxyl groups is 2. The number of carbonyl (C=O) groups excluding carboxylic acids is 1. The van der Waals surface area contributed by atoms with Crippen molar-refractivity contribution in [2.24, 2.45) is 0 Å². The van der Waals surface area contributed by atoms with Gasteiger partial charge in [-0.3, -0.25) is 4.79 Å². The molecule has 4 nitrogen and oxygen atoms in total. The smallest absolute Gasteiger partial charge is 0.220 e. The van der Waals surface area contributed by atoms with Crippen LogP contribution in [0, 0.1) is 0 Å². The van der Waals surface area contributed by atoms with E-state index >= 15 is 0 Å². The highest BCUT2D eigenvalue weighted by molar-refractivity contribution is 5.76. The van der Waals surface area contributed by atoms with E-state index in [2.05, 4.69) is 55.6 Å². The molecule has 0 heterocycles. The first kappa shape index (κ1) is 51.6. The summed E-state index contributed by atoms with van der Waals surface area (Å²) in [6.07, 6.45) is 59.5. The molecule has 0 fully saturated rings. The van der Waals surface area contributed by atoms with Crippen LogP contribution in [-0.2, 0) is 4.79 Å².